The van der Waals surface area contributed by atoms with E-state index >= 15 is 0 Å². The van der Waals surface area contributed by atoms with Crippen LogP contribution >= 0.6 is 11.8 Å². The summed E-state index contributed by atoms with van der Waals surface area (Å²) >= 11 is 0.283. The number of hydrogen-bond donors (Lipinski definition) is 1. The summed E-state index contributed by atoms with van der Waals surface area (Å²) in [6, 6.07) is 1.57. The summed E-state index contributed by atoms with van der Waals surface area (Å²) in [5.41, 5.74) is 0.514. The van der Waals surface area contributed by atoms with Gasteiger partial charge in [0.15, 0.2) is 17.5 Å². The molecule has 3 aromatic rings. The minimum atomic E-state index is -1.76. The zero-order chi connectivity index (χ0) is 16.7. The first-order valence-corrected chi connectivity index (χ1v) is 6.84. The van der Waals surface area contributed by atoms with Crippen LogP contribution in [0.5, 0.6) is 0 Å². The lowest BCUT2D eigenvalue weighted by molar-refractivity contribution is 0.383. The molecule has 0 saturated carbocycles. The van der Waals surface area contributed by atoms with Crippen LogP contribution in [0, 0.1) is 30.5 Å². The fourth-order valence-corrected chi connectivity index (χ4v) is 2.59. The Hall–Kier alpha value is -2.56. The molecule has 23 heavy (non-hydrogen) atoms. The molecular weight excluding hydrogens is 338 g/mol. The molecular formula is C12H7F4N5OS. The highest BCUT2D eigenvalue weighted by Crippen LogP contribution is 2.33. The largest absolute Gasteiger partial charge is 0.469 e. The molecule has 3 heterocycles. The van der Waals surface area contributed by atoms with E-state index in [9.17, 15) is 17.6 Å². The van der Waals surface area contributed by atoms with Crippen molar-refractivity contribution in [2.45, 2.75) is 17.0 Å². The zero-order valence-corrected chi connectivity index (χ0v) is 12.2. The Bertz CT molecular complexity index is 868. The van der Waals surface area contributed by atoms with Crippen LogP contribution in [0.4, 0.5) is 17.6 Å². The Morgan fingerprint density at radius 2 is 1.78 bits per heavy atom. The molecule has 0 spiro atoms. The molecule has 120 valence electrons. The number of nitrogen functional groups attached to an aromatic ring is 1. The molecule has 0 fully saturated rings. The summed E-state index contributed by atoms with van der Waals surface area (Å²) in [5, 5.41) is 7.26. The van der Waals surface area contributed by atoms with Gasteiger partial charge in [0.2, 0.25) is 5.16 Å². The van der Waals surface area contributed by atoms with Crippen molar-refractivity contribution in [1.82, 2.24) is 19.9 Å². The van der Waals surface area contributed by atoms with Gasteiger partial charge < -0.3 is 10.3 Å². The quantitative estimate of drug-likeness (QED) is 0.446. The van der Waals surface area contributed by atoms with Crippen LogP contribution in [-0.2, 0) is 0 Å². The summed E-state index contributed by atoms with van der Waals surface area (Å²) in [6.45, 7) is 1.66. The van der Waals surface area contributed by atoms with Gasteiger partial charge in [-0.25, -0.2) is 13.5 Å². The van der Waals surface area contributed by atoms with Crippen LogP contribution < -0.4 is 5.84 Å². The Kier molecular flexibility index (Phi) is 3.72. The SMILES string of the molecule is Cc1occc1-c1nnc(Sc2c(F)c(F)nc(F)c2F)n1N. The molecule has 0 atom stereocenters. The molecule has 2 N–H and O–H groups in total. The van der Waals surface area contributed by atoms with Gasteiger partial charge in [0.05, 0.1) is 16.7 Å². The van der Waals surface area contributed by atoms with Crippen LogP contribution in [0.2, 0.25) is 0 Å². The van der Waals surface area contributed by atoms with Crippen LogP contribution in [0.1, 0.15) is 5.76 Å². The Balaban J connectivity index is 2.03. The van der Waals surface area contributed by atoms with Crippen molar-refractivity contribution in [3.05, 3.63) is 41.6 Å². The first-order valence-electron chi connectivity index (χ1n) is 6.03. The van der Waals surface area contributed by atoms with Gasteiger partial charge in [-0.15, -0.1) is 10.2 Å². The second kappa shape index (κ2) is 5.57. The van der Waals surface area contributed by atoms with E-state index in [2.05, 4.69) is 15.2 Å². The average molecular weight is 345 g/mol. The standard InChI is InChI=1S/C12H7F4N5OS/c1-4-5(2-3-22-4)11-19-20-12(21(11)17)23-8-6(13)9(15)18-10(16)7(8)14/h2-3H,17H2,1H3. The lowest BCUT2D eigenvalue weighted by atomic mass is 10.2. The first-order chi connectivity index (χ1) is 10.9. The fraction of sp³-hybridized carbons (Fsp3) is 0.0833. The lowest BCUT2D eigenvalue weighted by Gasteiger charge is -2.05. The molecule has 0 saturated heterocycles. The van der Waals surface area contributed by atoms with Crippen molar-refractivity contribution in [3.8, 4) is 11.4 Å². The molecule has 6 nitrogen and oxygen atoms in total. The van der Waals surface area contributed by atoms with Gasteiger partial charge in [-0.05, 0) is 24.8 Å². The lowest BCUT2D eigenvalue weighted by Crippen LogP contribution is -2.12. The fourth-order valence-electron chi connectivity index (χ4n) is 1.80. The van der Waals surface area contributed by atoms with Gasteiger partial charge in [0.25, 0.3) is 11.9 Å². The summed E-state index contributed by atoms with van der Waals surface area (Å²) < 4.78 is 59.5. The molecule has 0 aliphatic heterocycles. The van der Waals surface area contributed by atoms with E-state index in [1.165, 1.54) is 6.26 Å². The number of furan rings is 1. The van der Waals surface area contributed by atoms with Crippen LogP contribution in [0.15, 0.2) is 26.8 Å². The van der Waals surface area contributed by atoms with E-state index in [1.54, 1.807) is 13.0 Å². The molecule has 11 heteroatoms. The Morgan fingerprint density at radius 3 is 2.35 bits per heavy atom. The van der Waals surface area contributed by atoms with E-state index in [4.69, 9.17) is 10.3 Å². The summed E-state index contributed by atoms with van der Waals surface area (Å²) in [6.07, 6.45) is 1.40. The van der Waals surface area contributed by atoms with Crippen LogP contribution in [-0.4, -0.2) is 19.9 Å². The summed E-state index contributed by atoms with van der Waals surface area (Å²) in [7, 11) is 0. The smallest absolute Gasteiger partial charge is 0.252 e. The predicted octanol–water partition coefficient (Wildman–Crippen LogP) is 2.66. The molecule has 0 amide bonds. The number of rotatable bonds is 3. The second-order valence-electron chi connectivity index (χ2n) is 4.32. The monoisotopic (exact) mass is 345 g/mol. The number of aromatic nitrogens is 4. The van der Waals surface area contributed by atoms with E-state index in [0.717, 1.165) is 4.68 Å². The topological polar surface area (TPSA) is 82.8 Å². The maximum absolute atomic E-state index is 13.6. The van der Waals surface area contributed by atoms with Crippen molar-refractivity contribution in [2.75, 3.05) is 5.84 Å². The number of halogens is 4. The maximum atomic E-state index is 13.6. The average Bonchev–Trinajstić information content (AvgIpc) is 3.08. The second-order valence-corrected chi connectivity index (χ2v) is 5.30. The van der Waals surface area contributed by atoms with Crippen molar-refractivity contribution in [1.29, 1.82) is 0 Å². The van der Waals surface area contributed by atoms with Gasteiger partial charge in [-0.2, -0.15) is 13.8 Å². The van der Waals surface area contributed by atoms with Crippen LogP contribution in [0.25, 0.3) is 11.4 Å². The maximum Gasteiger partial charge on any atom is 0.252 e. The number of pyridine rings is 1. The zero-order valence-electron chi connectivity index (χ0n) is 11.3. The molecule has 0 unspecified atom stereocenters. The van der Waals surface area contributed by atoms with Crippen LogP contribution in [0.3, 0.4) is 0 Å². The molecule has 0 aliphatic rings. The molecule has 0 bridgehead atoms. The summed E-state index contributed by atoms with van der Waals surface area (Å²) in [5.74, 6) is -0.379. The predicted molar refractivity (Wildman–Crippen MR) is 70.8 cm³/mol. The third-order valence-electron chi connectivity index (χ3n) is 2.91. The van der Waals surface area contributed by atoms with Gasteiger partial charge >= 0.3 is 0 Å². The Labute approximate surface area is 130 Å². The van der Waals surface area contributed by atoms with E-state index in [0.29, 0.717) is 11.3 Å². The molecule has 3 rings (SSSR count). The normalized spacial score (nSPS) is 11.2. The van der Waals surface area contributed by atoms with Gasteiger partial charge in [0.1, 0.15) is 5.76 Å². The highest BCUT2D eigenvalue weighted by atomic mass is 32.2. The van der Waals surface area contributed by atoms with E-state index in [1.807, 2.05) is 0 Å². The van der Waals surface area contributed by atoms with Crippen molar-refractivity contribution in [3.63, 3.8) is 0 Å². The first kappa shape index (κ1) is 15.3. The van der Waals surface area contributed by atoms with Crippen molar-refractivity contribution >= 4 is 11.8 Å². The molecule has 0 radical (unpaired) electrons. The number of hydrogen-bond acceptors (Lipinski definition) is 6. The van der Waals surface area contributed by atoms with Gasteiger partial charge in [-0.3, -0.25) is 0 Å². The van der Waals surface area contributed by atoms with E-state index in [-0.39, 0.29) is 22.7 Å². The number of nitrogens with two attached hydrogens (primary N) is 1. The van der Waals surface area contributed by atoms with Crippen molar-refractivity contribution < 1.29 is 22.0 Å². The minimum absolute atomic E-state index is 0.162. The molecule has 0 aromatic carbocycles. The highest BCUT2D eigenvalue weighted by Gasteiger charge is 2.24. The number of aryl methyl sites for hydroxylation is 1. The third-order valence-corrected chi connectivity index (χ3v) is 3.94. The van der Waals surface area contributed by atoms with Gasteiger partial charge in [-0.1, -0.05) is 0 Å². The molecule has 0 aliphatic carbocycles. The minimum Gasteiger partial charge on any atom is -0.469 e. The third kappa shape index (κ3) is 2.52. The summed E-state index contributed by atoms with van der Waals surface area (Å²) in [4.78, 5) is 1.52. The molecule has 3 aromatic heterocycles. The van der Waals surface area contributed by atoms with E-state index < -0.39 is 28.4 Å². The van der Waals surface area contributed by atoms with Crippen molar-refractivity contribution in [2.24, 2.45) is 0 Å². The Morgan fingerprint density at radius 1 is 1.13 bits per heavy atom. The van der Waals surface area contributed by atoms with Gasteiger partial charge in [0, 0.05) is 0 Å². The highest BCUT2D eigenvalue weighted by molar-refractivity contribution is 7.99. The number of nitrogens with zero attached hydrogens (tertiary/aromatic N) is 4.